The van der Waals surface area contributed by atoms with Gasteiger partial charge in [-0.3, -0.25) is 14.3 Å². The number of nitrogens with two attached hydrogens (primary N) is 1. The van der Waals surface area contributed by atoms with E-state index in [1.807, 2.05) is 0 Å². The maximum absolute atomic E-state index is 11.9. The number of H-pyrrole nitrogens is 1. The first kappa shape index (κ1) is 15.5. The van der Waals surface area contributed by atoms with Crippen LogP contribution >= 0.6 is 0 Å². The molecule has 0 aliphatic carbocycles. The summed E-state index contributed by atoms with van der Waals surface area (Å²) in [7, 11) is 0. The molecule has 0 amide bonds. The number of ether oxygens (including phenoxy) is 3. The topological polar surface area (TPSA) is 138 Å². The second-order valence-electron chi connectivity index (χ2n) is 5.94. The van der Waals surface area contributed by atoms with Crippen molar-refractivity contribution in [1.82, 2.24) is 19.5 Å². The van der Waals surface area contributed by atoms with Crippen molar-refractivity contribution in [1.29, 1.82) is 0 Å². The molecule has 2 saturated heterocycles. The van der Waals surface area contributed by atoms with Crippen molar-refractivity contribution in [3.8, 4) is 0 Å². The van der Waals surface area contributed by atoms with Gasteiger partial charge in [0.05, 0.1) is 19.0 Å². The number of nitrogen functional groups attached to an aromatic ring is 1. The number of rotatable bonds is 4. The monoisotopic (exact) mass is 337 g/mol. The Morgan fingerprint density at radius 2 is 2.42 bits per heavy atom. The summed E-state index contributed by atoms with van der Waals surface area (Å²) in [6.07, 6.45) is 2.28. The van der Waals surface area contributed by atoms with Crippen LogP contribution in [0.3, 0.4) is 0 Å². The van der Waals surface area contributed by atoms with Gasteiger partial charge in [0.1, 0.15) is 12.3 Å². The molecule has 0 bridgehead atoms. The fourth-order valence-electron chi connectivity index (χ4n) is 3.18. The zero-order valence-corrected chi connectivity index (χ0v) is 12.9. The van der Waals surface area contributed by atoms with Gasteiger partial charge in [-0.1, -0.05) is 0 Å². The quantitative estimate of drug-likeness (QED) is 0.679. The average molecular weight is 337 g/mol. The highest BCUT2D eigenvalue weighted by atomic mass is 16.7. The number of fused-ring (bicyclic) bond motifs is 1. The fraction of sp³-hybridized carbons (Fsp3) is 0.643. The van der Waals surface area contributed by atoms with Gasteiger partial charge in [-0.25, -0.2) is 4.98 Å². The SMILES string of the molecule is Nc1nc2c(ncn2[C@H]2C[C@H](OC3CCCO3)[C@@H](CO)O2)c(=O)[nH]1. The molecule has 2 fully saturated rings. The normalized spacial score (nSPS) is 30.4. The van der Waals surface area contributed by atoms with E-state index in [0.717, 1.165) is 12.8 Å². The van der Waals surface area contributed by atoms with Gasteiger partial charge < -0.3 is 25.1 Å². The summed E-state index contributed by atoms with van der Waals surface area (Å²) >= 11 is 0. The number of aliphatic hydroxyl groups is 1. The number of aromatic nitrogens is 4. The summed E-state index contributed by atoms with van der Waals surface area (Å²) in [5.74, 6) is 0.0121. The highest BCUT2D eigenvalue weighted by molar-refractivity contribution is 5.70. The van der Waals surface area contributed by atoms with Crippen LogP contribution in [0.1, 0.15) is 25.5 Å². The lowest BCUT2D eigenvalue weighted by Crippen LogP contribution is -2.31. The van der Waals surface area contributed by atoms with Crippen molar-refractivity contribution in [3.05, 3.63) is 16.7 Å². The fourth-order valence-corrected chi connectivity index (χ4v) is 3.18. The van der Waals surface area contributed by atoms with E-state index in [2.05, 4.69) is 15.0 Å². The number of hydrogen-bond acceptors (Lipinski definition) is 8. The van der Waals surface area contributed by atoms with Crippen LogP contribution in [-0.4, -0.2) is 56.3 Å². The maximum Gasteiger partial charge on any atom is 0.280 e. The third kappa shape index (κ3) is 2.67. The van der Waals surface area contributed by atoms with Crippen molar-refractivity contribution in [2.45, 2.75) is 44.0 Å². The zero-order chi connectivity index (χ0) is 16.7. The third-order valence-electron chi connectivity index (χ3n) is 4.34. The molecule has 2 aromatic heterocycles. The lowest BCUT2D eigenvalue weighted by Gasteiger charge is -2.20. The molecule has 4 heterocycles. The van der Waals surface area contributed by atoms with Crippen LogP contribution in [0.4, 0.5) is 5.95 Å². The molecule has 0 aromatic carbocycles. The molecule has 0 spiro atoms. The van der Waals surface area contributed by atoms with E-state index in [0.29, 0.717) is 18.7 Å². The summed E-state index contributed by atoms with van der Waals surface area (Å²) in [5, 5.41) is 9.57. The lowest BCUT2D eigenvalue weighted by molar-refractivity contribution is -0.162. The molecule has 0 radical (unpaired) electrons. The van der Waals surface area contributed by atoms with Gasteiger partial charge in [-0.2, -0.15) is 4.98 Å². The first-order chi connectivity index (χ1) is 11.7. The zero-order valence-electron chi connectivity index (χ0n) is 12.9. The molecule has 0 saturated carbocycles. The van der Waals surface area contributed by atoms with Crippen LogP contribution in [0.5, 0.6) is 0 Å². The molecular formula is C14H19N5O5. The number of nitrogens with one attached hydrogen (secondary N) is 1. The molecule has 2 aliphatic rings. The Morgan fingerprint density at radius 1 is 1.54 bits per heavy atom. The highest BCUT2D eigenvalue weighted by Gasteiger charge is 2.39. The molecule has 10 heteroatoms. The Bertz CT molecular complexity index is 783. The van der Waals surface area contributed by atoms with Crippen molar-refractivity contribution in [2.24, 2.45) is 0 Å². The van der Waals surface area contributed by atoms with Crippen molar-refractivity contribution < 1.29 is 19.3 Å². The van der Waals surface area contributed by atoms with E-state index in [9.17, 15) is 9.90 Å². The number of aliphatic hydroxyl groups excluding tert-OH is 1. The first-order valence-electron chi connectivity index (χ1n) is 7.91. The van der Waals surface area contributed by atoms with Crippen LogP contribution in [0.25, 0.3) is 11.2 Å². The van der Waals surface area contributed by atoms with Gasteiger partial charge in [0.15, 0.2) is 17.5 Å². The summed E-state index contributed by atoms with van der Waals surface area (Å²) < 4.78 is 18.9. The van der Waals surface area contributed by atoms with Gasteiger partial charge in [0.2, 0.25) is 5.95 Å². The summed E-state index contributed by atoms with van der Waals surface area (Å²) in [4.78, 5) is 22.5. The Balaban J connectivity index is 1.59. The van der Waals surface area contributed by atoms with Crippen molar-refractivity contribution in [3.63, 3.8) is 0 Å². The Morgan fingerprint density at radius 3 is 3.17 bits per heavy atom. The minimum absolute atomic E-state index is 0.0121. The summed E-state index contributed by atoms with van der Waals surface area (Å²) in [6.45, 7) is 0.514. The predicted molar refractivity (Wildman–Crippen MR) is 82.0 cm³/mol. The summed E-state index contributed by atoms with van der Waals surface area (Å²) in [6, 6.07) is 0. The number of anilines is 1. The van der Waals surface area contributed by atoms with Gasteiger partial charge in [0.25, 0.3) is 5.56 Å². The standard InChI is InChI=1S/C14H19N5O5/c15-14-17-12-11(13(21)18-14)16-6-19(12)9-4-7(8(5-20)23-9)24-10-2-1-3-22-10/h6-10,20H,1-5H2,(H3,15,17,18,21)/t7-,8+,9+,10?/m0/s1. The van der Waals surface area contributed by atoms with E-state index in [1.54, 1.807) is 4.57 Å². The van der Waals surface area contributed by atoms with E-state index in [-0.39, 0.29) is 30.5 Å². The van der Waals surface area contributed by atoms with Gasteiger partial charge in [-0.05, 0) is 6.42 Å². The van der Waals surface area contributed by atoms with Crippen LogP contribution in [0.2, 0.25) is 0 Å². The minimum Gasteiger partial charge on any atom is -0.394 e. The predicted octanol–water partition coefficient (Wildman–Crippen LogP) is -0.497. The van der Waals surface area contributed by atoms with Crippen LogP contribution in [-0.2, 0) is 14.2 Å². The smallest absolute Gasteiger partial charge is 0.280 e. The van der Waals surface area contributed by atoms with Crippen LogP contribution in [0.15, 0.2) is 11.1 Å². The molecule has 4 N–H and O–H groups in total. The Hall–Kier alpha value is -2.01. The molecule has 2 aliphatic heterocycles. The summed E-state index contributed by atoms with van der Waals surface area (Å²) in [5.41, 5.74) is 5.74. The number of hydrogen-bond donors (Lipinski definition) is 3. The van der Waals surface area contributed by atoms with Gasteiger partial charge in [-0.15, -0.1) is 0 Å². The Labute approximate surface area is 136 Å². The Kier molecular flexibility index (Phi) is 3.96. The van der Waals surface area contributed by atoms with Crippen molar-refractivity contribution in [2.75, 3.05) is 18.9 Å². The van der Waals surface area contributed by atoms with Gasteiger partial charge in [0, 0.05) is 19.4 Å². The molecule has 24 heavy (non-hydrogen) atoms. The van der Waals surface area contributed by atoms with E-state index in [1.165, 1.54) is 6.33 Å². The van der Waals surface area contributed by atoms with E-state index < -0.39 is 17.9 Å². The van der Waals surface area contributed by atoms with Gasteiger partial charge >= 0.3 is 0 Å². The van der Waals surface area contributed by atoms with Crippen LogP contribution < -0.4 is 11.3 Å². The first-order valence-corrected chi connectivity index (χ1v) is 7.91. The lowest BCUT2D eigenvalue weighted by atomic mass is 10.2. The highest BCUT2D eigenvalue weighted by Crippen LogP contribution is 2.33. The molecule has 1 unspecified atom stereocenters. The molecule has 4 rings (SSSR count). The maximum atomic E-state index is 11.9. The average Bonchev–Trinajstić information content (AvgIpc) is 3.26. The largest absolute Gasteiger partial charge is 0.394 e. The number of aromatic amines is 1. The molecule has 2 aromatic rings. The van der Waals surface area contributed by atoms with Crippen LogP contribution in [0, 0.1) is 0 Å². The molecule has 130 valence electrons. The third-order valence-corrected chi connectivity index (χ3v) is 4.34. The van der Waals surface area contributed by atoms with E-state index in [4.69, 9.17) is 19.9 Å². The van der Waals surface area contributed by atoms with E-state index >= 15 is 0 Å². The number of nitrogens with zero attached hydrogens (tertiary/aromatic N) is 3. The molecule has 4 atom stereocenters. The second-order valence-corrected chi connectivity index (χ2v) is 5.94. The minimum atomic E-state index is -0.476. The molecular weight excluding hydrogens is 318 g/mol. The van der Waals surface area contributed by atoms with Crippen molar-refractivity contribution >= 4 is 17.1 Å². The number of imidazole rings is 1. The molecule has 10 nitrogen and oxygen atoms in total. The second kappa shape index (κ2) is 6.13.